The van der Waals surface area contributed by atoms with E-state index in [-0.39, 0.29) is 0 Å². The molecule has 1 rings (SSSR count). The zero-order chi connectivity index (χ0) is 8.32. The molecule has 1 N–H and O–H groups in total. The minimum absolute atomic E-state index is 0.443. The predicted octanol–water partition coefficient (Wildman–Crippen LogP) is 0.614. The maximum atomic E-state index is 10.7. The number of rotatable bonds is 2. The molecule has 11 heavy (non-hydrogen) atoms. The molecular weight excluding hydrogens is 148 g/mol. The second kappa shape index (κ2) is 3.19. The van der Waals surface area contributed by atoms with Gasteiger partial charge in [-0.15, -0.1) is 0 Å². The van der Waals surface area contributed by atoms with Crippen LogP contribution in [0.3, 0.4) is 0 Å². The van der Waals surface area contributed by atoms with Crippen LogP contribution in [0.5, 0.6) is 0 Å². The summed E-state index contributed by atoms with van der Waals surface area (Å²) in [5, 5.41) is 8.74. The van der Waals surface area contributed by atoms with E-state index in [4.69, 9.17) is 14.6 Å². The summed E-state index contributed by atoms with van der Waals surface area (Å²) in [7, 11) is 1.36. The number of ether oxygens (including phenoxy) is 2. The quantitative estimate of drug-likeness (QED) is 0.643. The first kappa shape index (κ1) is 8.49. The molecule has 1 saturated heterocycles. The smallest absolute Gasteiger partial charge is 0.364 e. The molecule has 1 heterocycles. The Morgan fingerprint density at radius 3 is 2.64 bits per heavy atom. The van der Waals surface area contributed by atoms with Gasteiger partial charge < -0.3 is 14.6 Å². The molecule has 0 aromatic carbocycles. The van der Waals surface area contributed by atoms with Crippen LogP contribution in [0.2, 0.25) is 0 Å². The minimum atomic E-state index is -1.36. The molecule has 4 nitrogen and oxygen atoms in total. The second-order valence-electron chi connectivity index (χ2n) is 2.57. The highest BCUT2D eigenvalue weighted by Crippen LogP contribution is 2.25. The summed E-state index contributed by atoms with van der Waals surface area (Å²) in [5.41, 5.74) is 0. The van der Waals surface area contributed by atoms with E-state index in [1.165, 1.54) is 7.11 Å². The molecule has 0 aromatic rings. The maximum Gasteiger partial charge on any atom is 0.364 e. The zero-order valence-electron chi connectivity index (χ0n) is 6.50. The van der Waals surface area contributed by atoms with Crippen molar-refractivity contribution in [2.75, 3.05) is 13.7 Å². The lowest BCUT2D eigenvalue weighted by Crippen LogP contribution is -2.45. The number of carboxylic acid groups (broad SMARTS) is 1. The van der Waals surface area contributed by atoms with Crippen LogP contribution in [0.4, 0.5) is 0 Å². The largest absolute Gasteiger partial charge is 0.477 e. The van der Waals surface area contributed by atoms with E-state index in [9.17, 15) is 4.79 Å². The SMILES string of the molecule is CO[C@]1(C(=O)O)CCCCO1. The summed E-state index contributed by atoms with van der Waals surface area (Å²) >= 11 is 0. The summed E-state index contributed by atoms with van der Waals surface area (Å²) in [6.45, 7) is 0.472. The van der Waals surface area contributed by atoms with Crippen molar-refractivity contribution >= 4 is 5.97 Å². The lowest BCUT2D eigenvalue weighted by molar-refractivity contribution is -0.247. The predicted molar refractivity (Wildman–Crippen MR) is 37.2 cm³/mol. The molecule has 0 radical (unpaired) electrons. The number of carbonyl (C=O) groups is 1. The van der Waals surface area contributed by atoms with Crippen LogP contribution in [0.15, 0.2) is 0 Å². The van der Waals surface area contributed by atoms with Crippen molar-refractivity contribution in [2.45, 2.75) is 25.0 Å². The standard InChI is InChI=1S/C7H12O4/c1-10-7(6(8)9)4-2-3-5-11-7/h2-5H2,1H3,(H,8,9)/t7-/m1/s1. The first-order valence-electron chi connectivity index (χ1n) is 3.64. The van der Waals surface area contributed by atoms with E-state index in [0.717, 1.165) is 12.8 Å². The molecule has 0 amide bonds. The highest BCUT2D eigenvalue weighted by atomic mass is 16.7. The summed E-state index contributed by atoms with van der Waals surface area (Å²) in [6, 6.07) is 0. The van der Waals surface area contributed by atoms with Gasteiger partial charge in [0.2, 0.25) is 0 Å². The summed E-state index contributed by atoms with van der Waals surface area (Å²) in [6.07, 6.45) is 2.21. The van der Waals surface area contributed by atoms with Crippen LogP contribution in [0.25, 0.3) is 0 Å². The van der Waals surface area contributed by atoms with Crippen molar-refractivity contribution in [3.05, 3.63) is 0 Å². The van der Waals surface area contributed by atoms with Crippen molar-refractivity contribution in [2.24, 2.45) is 0 Å². The first-order valence-corrected chi connectivity index (χ1v) is 3.64. The fourth-order valence-electron chi connectivity index (χ4n) is 1.19. The Morgan fingerprint density at radius 2 is 2.36 bits per heavy atom. The molecule has 64 valence electrons. The lowest BCUT2D eigenvalue weighted by atomic mass is 10.1. The van der Waals surface area contributed by atoms with Crippen LogP contribution in [0, 0.1) is 0 Å². The molecule has 0 aliphatic carbocycles. The summed E-state index contributed by atoms with van der Waals surface area (Å²) < 4.78 is 9.87. The third-order valence-electron chi connectivity index (χ3n) is 1.89. The Labute approximate surface area is 65.1 Å². The van der Waals surface area contributed by atoms with Crippen LogP contribution < -0.4 is 0 Å². The van der Waals surface area contributed by atoms with Gasteiger partial charge in [-0.1, -0.05) is 0 Å². The molecule has 0 unspecified atom stereocenters. The van der Waals surface area contributed by atoms with E-state index in [1.54, 1.807) is 0 Å². The molecule has 0 bridgehead atoms. The monoisotopic (exact) mass is 160 g/mol. The highest BCUT2D eigenvalue weighted by molar-refractivity contribution is 5.75. The lowest BCUT2D eigenvalue weighted by Gasteiger charge is -2.31. The molecule has 0 saturated carbocycles. The Hall–Kier alpha value is -0.610. The average Bonchev–Trinajstić information content (AvgIpc) is 2.05. The first-order chi connectivity index (χ1) is 5.21. The number of hydrogen-bond donors (Lipinski definition) is 1. The molecular formula is C7H12O4. The zero-order valence-corrected chi connectivity index (χ0v) is 6.50. The highest BCUT2D eigenvalue weighted by Gasteiger charge is 2.41. The minimum Gasteiger partial charge on any atom is -0.477 e. The van der Waals surface area contributed by atoms with Gasteiger partial charge in [-0.25, -0.2) is 4.79 Å². The Morgan fingerprint density at radius 1 is 1.64 bits per heavy atom. The molecule has 1 fully saturated rings. The fourth-order valence-corrected chi connectivity index (χ4v) is 1.19. The van der Waals surface area contributed by atoms with E-state index in [0.29, 0.717) is 13.0 Å². The van der Waals surface area contributed by atoms with E-state index < -0.39 is 11.8 Å². The van der Waals surface area contributed by atoms with Crippen LogP contribution in [-0.4, -0.2) is 30.6 Å². The molecule has 0 spiro atoms. The van der Waals surface area contributed by atoms with Crippen LogP contribution >= 0.6 is 0 Å². The summed E-state index contributed by atoms with van der Waals surface area (Å²) in [4.78, 5) is 10.7. The normalized spacial score (nSPS) is 31.7. The van der Waals surface area contributed by atoms with Crippen LogP contribution in [-0.2, 0) is 14.3 Å². The summed E-state index contributed by atoms with van der Waals surface area (Å²) in [5.74, 6) is -2.39. The number of hydrogen-bond acceptors (Lipinski definition) is 3. The molecule has 0 aromatic heterocycles. The van der Waals surface area contributed by atoms with Crippen molar-refractivity contribution in [1.29, 1.82) is 0 Å². The number of aliphatic carboxylic acids is 1. The van der Waals surface area contributed by atoms with Gasteiger partial charge in [0.1, 0.15) is 0 Å². The average molecular weight is 160 g/mol. The van der Waals surface area contributed by atoms with Gasteiger partial charge in [0, 0.05) is 13.5 Å². The van der Waals surface area contributed by atoms with Gasteiger partial charge in [0.05, 0.1) is 6.61 Å². The Kier molecular flexibility index (Phi) is 2.46. The van der Waals surface area contributed by atoms with E-state index >= 15 is 0 Å². The third-order valence-corrected chi connectivity index (χ3v) is 1.89. The maximum absolute atomic E-state index is 10.7. The van der Waals surface area contributed by atoms with Gasteiger partial charge in [0.15, 0.2) is 0 Å². The van der Waals surface area contributed by atoms with E-state index in [1.807, 2.05) is 0 Å². The molecule has 1 aliphatic heterocycles. The topological polar surface area (TPSA) is 55.8 Å². The van der Waals surface area contributed by atoms with Crippen molar-refractivity contribution in [3.8, 4) is 0 Å². The van der Waals surface area contributed by atoms with Gasteiger partial charge in [-0.3, -0.25) is 0 Å². The molecule has 1 aliphatic rings. The Balaban J connectivity index is 2.64. The fraction of sp³-hybridized carbons (Fsp3) is 0.857. The molecule has 1 atom stereocenters. The van der Waals surface area contributed by atoms with Crippen molar-refractivity contribution in [3.63, 3.8) is 0 Å². The van der Waals surface area contributed by atoms with Gasteiger partial charge in [-0.2, -0.15) is 0 Å². The second-order valence-corrected chi connectivity index (χ2v) is 2.57. The number of carboxylic acids is 1. The van der Waals surface area contributed by atoms with Crippen molar-refractivity contribution in [1.82, 2.24) is 0 Å². The molecule has 4 heteroatoms. The van der Waals surface area contributed by atoms with Gasteiger partial charge in [0.25, 0.3) is 5.79 Å². The van der Waals surface area contributed by atoms with Crippen molar-refractivity contribution < 1.29 is 19.4 Å². The van der Waals surface area contributed by atoms with Gasteiger partial charge in [-0.05, 0) is 12.8 Å². The number of methoxy groups -OCH3 is 1. The van der Waals surface area contributed by atoms with E-state index in [2.05, 4.69) is 0 Å². The third kappa shape index (κ3) is 1.52. The van der Waals surface area contributed by atoms with Crippen LogP contribution in [0.1, 0.15) is 19.3 Å². The Bertz CT molecular complexity index is 149. The van der Waals surface area contributed by atoms with Gasteiger partial charge >= 0.3 is 5.97 Å².